The van der Waals surface area contributed by atoms with Crippen LogP contribution in [0.3, 0.4) is 0 Å². The van der Waals surface area contributed by atoms with Gasteiger partial charge in [-0.05, 0) is 92.9 Å². The third-order valence-electron chi connectivity index (χ3n) is 9.36. The monoisotopic (exact) mass is 821 g/mol. The van der Waals surface area contributed by atoms with Gasteiger partial charge >= 0.3 is 12.4 Å². The molecule has 0 aliphatic heterocycles. The van der Waals surface area contributed by atoms with E-state index in [1.165, 1.54) is 24.3 Å². The number of alkyl halides is 7. The lowest BCUT2D eigenvalue weighted by Crippen LogP contribution is -2.15. The summed E-state index contributed by atoms with van der Waals surface area (Å²) in [4.78, 5) is 25.7. The van der Waals surface area contributed by atoms with E-state index in [-0.39, 0.29) is 11.4 Å². The summed E-state index contributed by atoms with van der Waals surface area (Å²) in [5.41, 5.74) is 10.2. The normalized spacial score (nSPS) is 11.5. The molecule has 0 fully saturated rings. The fourth-order valence-electron chi connectivity index (χ4n) is 6.43. The average molecular weight is 822 g/mol. The fraction of sp³-hybridized carbons (Fsp3) is 0.227. The molecule has 2 aromatic heterocycles. The molecule has 6 rings (SSSR count). The quantitative estimate of drug-likeness (QED) is 0.0848. The second-order valence-electron chi connectivity index (χ2n) is 13.3. The van der Waals surface area contributed by atoms with Crippen LogP contribution in [0.15, 0.2) is 121 Å². The van der Waals surface area contributed by atoms with Crippen LogP contribution in [0.5, 0.6) is 0 Å². The first-order valence-corrected chi connectivity index (χ1v) is 18.9. The predicted molar refractivity (Wildman–Crippen MR) is 217 cm³/mol. The number of benzene rings is 4. The topological polar surface area (TPSA) is 94.1 Å². The maximum absolute atomic E-state index is 12.9. The number of carbonyl (C=O) groups excluding carboxylic acids is 2. The summed E-state index contributed by atoms with van der Waals surface area (Å²) < 4.78 is 81.6. The van der Waals surface area contributed by atoms with Crippen LogP contribution in [-0.4, -0.2) is 33.4 Å². The van der Waals surface area contributed by atoms with Gasteiger partial charge in [-0.3, -0.25) is 9.59 Å². The highest BCUT2D eigenvalue weighted by Crippen LogP contribution is 2.33. The standard InChI is InChI=1S/C22H20ClF3N2O.C22H22F3N3O/c1-15-19(21(29)27-18-10-5-9-17(13-18)22(24,25)26)14-20(28(15)12-6-11-23)16-7-3-2-4-8-16;1-15-19(21(29)27-18-10-5-9-17(13-18)22(23,24)25)14-20(28(15)12-6-11-26)16-7-3-2-4-8-16/h2-5,7-10,13-14H,6,11-12H2,1H3,(H,27,29);2-5,7-10,13-14H,6,11-12,26H2,1H3,(H,27,29). The van der Waals surface area contributed by atoms with Crippen LogP contribution in [0.1, 0.15) is 56.1 Å². The summed E-state index contributed by atoms with van der Waals surface area (Å²) in [6.07, 6.45) is -7.47. The molecule has 0 radical (unpaired) electrons. The lowest BCUT2D eigenvalue weighted by Gasteiger charge is -2.12. The highest BCUT2D eigenvalue weighted by Gasteiger charge is 2.32. The van der Waals surface area contributed by atoms with E-state index in [1.807, 2.05) is 83.6 Å². The maximum Gasteiger partial charge on any atom is 0.416 e. The van der Waals surface area contributed by atoms with Crippen LogP contribution in [0.25, 0.3) is 22.5 Å². The first kappa shape index (κ1) is 43.3. The molecule has 2 amide bonds. The molecule has 304 valence electrons. The van der Waals surface area contributed by atoms with Crippen molar-refractivity contribution in [3.8, 4) is 22.5 Å². The van der Waals surface area contributed by atoms with Crippen LogP contribution in [0.4, 0.5) is 37.7 Å². The molecule has 0 atom stereocenters. The molecule has 7 nitrogen and oxygen atoms in total. The molecule has 0 saturated carbocycles. The Bertz CT molecular complexity index is 2160. The molecule has 0 aliphatic carbocycles. The van der Waals surface area contributed by atoms with Crippen molar-refractivity contribution in [2.45, 2.75) is 52.1 Å². The molecule has 58 heavy (non-hydrogen) atoms. The molecular formula is C44H42ClF6N5O2. The van der Waals surface area contributed by atoms with E-state index in [9.17, 15) is 35.9 Å². The summed E-state index contributed by atoms with van der Waals surface area (Å²) in [7, 11) is 0. The molecule has 2 heterocycles. The minimum atomic E-state index is -4.47. The van der Waals surface area contributed by atoms with E-state index in [0.717, 1.165) is 71.0 Å². The zero-order valence-electron chi connectivity index (χ0n) is 31.7. The van der Waals surface area contributed by atoms with Gasteiger partial charge in [0.05, 0.1) is 22.3 Å². The Kier molecular flexibility index (Phi) is 14.3. The molecular weight excluding hydrogens is 780 g/mol. The van der Waals surface area contributed by atoms with Crippen molar-refractivity contribution in [2.24, 2.45) is 5.73 Å². The van der Waals surface area contributed by atoms with E-state index >= 15 is 0 Å². The van der Waals surface area contributed by atoms with E-state index in [0.29, 0.717) is 36.6 Å². The van der Waals surface area contributed by atoms with Crippen molar-refractivity contribution in [3.05, 3.63) is 155 Å². The van der Waals surface area contributed by atoms with Crippen molar-refractivity contribution in [1.82, 2.24) is 9.13 Å². The number of anilines is 2. The van der Waals surface area contributed by atoms with Gasteiger partial charge in [0.15, 0.2) is 0 Å². The largest absolute Gasteiger partial charge is 0.416 e. The van der Waals surface area contributed by atoms with Gasteiger partial charge in [0.25, 0.3) is 11.8 Å². The van der Waals surface area contributed by atoms with Crippen LogP contribution >= 0.6 is 11.6 Å². The van der Waals surface area contributed by atoms with Crippen molar-refractivity contribution in [1.29, 1.82) is 0 Å². The summed E-state index contributed by atoms with van der Waals surface area (Å²) in [5, 5.41) is 5.16. The number of carbonyl (C=O) groups is 2. The Morgan fingerprint density at radius 3 is 1.34 bits per heavy atom. The second kappa shape index (κ2) is 19.1. The van der Waals surface area contributed by atoms with Gasteiger partial charge in [0, 0.05) is 53.1 Å². The number of hydrogen-bond donors (Lipinski definition) is 3. The third-order valence-corrected chi connectivity index (χ3v) is 9.63. The molecule has 0 saturated heterocycles. The fourth-order valence-corrected chi connectivity index (χ4v) is 6.55. The predicted octanol–water partition coefficient (Wildman–Crippen LogP) is 11.4. The first-order chi connectivity index (χ1) is 27.6. The summed E-state index contributed by atoms with van der Waals surface area (Å²) in [6, 6.07) is 32.0. The van der Waals surface area contributed by atoms with E-state index in [1.54, 1.807) is 12.1 Å². The van der Waals surface area contributed by atoms with Gasteiger partial charge in [-0.25, -0.2) is 0 Å². The van der Waals surface area contributed by atoms with Gasteiger partial charge in [-0.2, -0.15) is 26.3 Å². The highest BCUT2D eigenvalue weighted by molar-refractivity contribution is 6.17. The smallest absolute Gasteiger partial charge is 0.344 e. The van der Waals surface area contributed by atoms with Gasteiger partial charge in [0.1, 0.15) is 0 Å². The lowest BCUT2D eigenvalue weighted by molar-refractivity contribution is -0.138. The van der Waals surface area contributed by atoms with Crippen molar-refractivity contribution < 1.29 is 35.9 Å². The molecule has 0 bridgehead atoms. The zero-order chi connectivity index (χ0) is 42.0. The van der Waals surface area contributed by atoms with Crippen molar-refractivity contribution in [3.63, 3.8) is 0 Å². The molecule has 4 N–H and O–H groups in total. The Balaban J connectivity index is 0.000000221. The Labute approximate surface area is 337 Å². The molecule has 0 unspecified atom stereocenters. The van der Waals surface area contributed by atoms with E-state index in [4.69, 9.17) is 17.3 Å². The van der Waals surface area contributed by atoms with E-state index in [2.05, 4.69) is 10.6 Å². The molecule has 0 spiro atoms. The lowest BCUT2D eigenvalue weighted by atomic mass is 10.1. The van der Waals surface area contributed by atoms with Gasteiger partial charge in [-0.1, -0.05) is 72.8 Å². The maximum atomic E-state index is 12.9. The average Bonchev–Trinajstić information content (AvgIpc) is 3.72. The van der Waals surface area contributed by atoms with Crippen LogP contribution in [-0.2, 0) is 25.4 Å². The number of amides is 2. The number of nitrogens with one attached hydrogen (secondary N) is 2. The van der Waals surface area contributed by atoms with Crippen molar-refractivity contribution in [2.75, 3.05) is 23.1 Å². The number of halogens is 7. The number of nitrogens with zero attached hydrogens (tertiary/aromatic N) is 2. The third kappa shape index (κ3) is 10.8. The van der Waals surface area contributed by atoms with Gasteiger partial charge in [-0.15, -0.1) is 11.6 Å². The molecule has 0 aliphatic rings. The number of rotatable bonds is 12. The van der Waals surface area contributed by atoms with Crippen LogP contribution in [0.2, 0.25) is 0 Å². The SMILES string of the molecule is Cc1c(C(=O)Nc2cccc(C(F)(F)F)c2)cc(-c2ccccc2)n1CCCCl.Cc1c(C(=O)Nc2cccc(C(F)(F)F)c2)cc(-c2ccccc2)n1CCCN. The van der Waals surface area contributed by atoms with Crippen molar-refractivity contribution >= 4 is 34.8 Å². The Morgan fingerprint density at radius 2 is 0.983 bits per heavy atom. The summed E-state index contributed by atoms with van der Waals surface area (Å²) in [6.45, 7) is 5.43. The summed E-state index contributed by atoms with van der Waals surface area (Å²) in [5.74, 6) is -0.424. The van der Waals surface area contributed by atoms with Gasteiger partial charge < -0.3 is 25.5 Å². The van der Waals surface area contributed by atoms with Crippen LogP contribution < -0.4 is 16.4 Å². The Hall–Kier alpha value is -5.79. The Morgan fingerprint density at radius 1 is 0.586 bits per heavy atom. The number of hydrogen-bond acceptors (Lipinski definition) is 3. The minimum absolute atomic E-state index is 0.0963. The number of aromatic nitrogens is 2. The first-order valence-electron chi connectivity index (χ1n) is 18.4. The van der Waals surface area contributed by atoms with Gasteiger partial charge in [0.2, 0.25) is 0 Å². The highest BCUT2D eigenvalue weighted by atomic mass is 35.5. The van der Waals surface area contributed by atoms with Crippen LogP contribution in [0, 0.1) is 13.8 Å². The molecule has 4 aromatic carbocycles. The zero-order valence-corrected chi connectivity index (χ0v) is 32.5. The molecule has 6 aromatic rings. The second-order valence-corrected chi connectivity index (χ2v) is 13.7. The number of nitrogens with two attached hydrogens (primary N) is 1. The summed E-state index contributed by atoms with van der Waals surface area (Å²) >= 11 is 5.85. The van der Waals surface area contributed by atoms with E-state index < -0.39 is 35.3 Å². The molecule has 14 heteroatoms. The minimum Gasteiger partial charge on any atom is -0.344 e.